The molecule has 5 aromatic rings. The summed E-state index contributed by atoms with van der Waals surface area (Å²) in [7, 11) is -3.84. The maximum atomic E-state index is 12.9. The van der Waals surface area contributed by atoms with Crippen molar-refractivity contribution >= 4 is 38.5 Å². The van der Waals surface area contributed by atoms with Crippen LogP contribution in [0.4, 0.5) is 5.69 Å². The first-order chi connectivity index (χ1) is 16.3. The molecular formula is C22H19N7O3S2. The Morgan fingerprint density at radius 3 is 2.53 bits per heavy atom. The van der Waals surface area contributed by atoms with Gasteiger partial charge in [-0.15, -0.1) is 0 Å². The summed E-state index contributed by atoms with van der Waals surface area (Å²) in [6.07, 6.45) is 1.41. The van der Waals surface area contributed by atoms with Crippen molar-refractivity contribution in [3.05, 3.63) is 71.8 Å². The Balaban J connectivity index is 1.34. The lowest BCUT2D eigenvalue weighted by atomic mass is 10.2. The molecule has 0 amide bonds. The molecule has 10 nitrogen and oxygen atoms in total. The lowest BCUT2D eigenvalue weighted by molar-refractivity contribution is 0.460. The minimum Gasteiger partial charge on any atom is -0.439 e. The van der Waals surface area contributed by atoms with Gasteiger partial charge in [-0.3, -0.25) is 4.72 Å². The van der Waals surface area contributed by atoms with Gasteiger partial charge in [-0.1, -0.05) is 6.07 Å². The molecule has 0 radical (unpaired) electrons. The molecule has 0 aliphatic rings. The molecule has 2 aromatic carbocycles. The zero-order valence-electron chi connectivity index (χ0n) is 18.4. The van der Waals surface area contributed by atoms with E-state index < -0.39 is 10.0 Å². The number of aryl methyl sites for hydroxylation is 1. The smallest absolute Gasteiger partial charge is 0.264 e. The van der Waals surface area contributed by atoms with Gasteiger partial charge < -0.3 is 4.74 Å². The van der Waals surface area contributed by atoms with E-state index in [-0.39, 0.29) is 4.90 Å². The minimum atomic E-state index is -3.84. The largest absolute Gasteiger partial charge is 0.439 e. The summed E-state index contributed by atoms with van der Waals surface area (Å²) < 4.78 is 44.1. The number of fused-ring (bicyclic) bond motifs is 1. The molecule has 0 aliphatic heterocycles. The second-order valence-electron chi connectivity index (χ2n) is 7.54. The second-order valence-corrected chi connectivity index (χ2v) is 9.72. The summed E-state index contributed by atoms with van der Waals surface area (Å²) in [5, 5.41) is 4.51. The van der Waals surface area contributed by atoms with Crippen LogP contribution in [-0.2, 0) is 10.0 Å². The number of sulfonamides is 1. The van der Waals surface area contributed by atoms with Crippen molar-refractivity contribution < 1.29 is 13.2 Å². The van der Waals surface area contributed by atoms with Crippen LogP contribution in [0, 0.1) is 20.8 Å². The molecular weight excluding hydrogens is 474 g/mol. The molecule has 0 saturated carbocycles. The molecule has 34 heavy (non-hydrogen) atoms. The average Bonchev–Trinajstić information content (AvgIpc) is 3.40. The molecule has 5 rings (SSSR count). The van der Waals surface area contributed by atoms with Crippen molar-refractivity contribution in [3.63, 3.8) is 0 Å². The van der Waals surface area contributed by atoms with Gasteiger partial charge in [0.2, 0.25) is 5.88 Å². The molecule has 0 bridgehead atoms. The summed E-state index contributed by atoms with van der Waals surface area (Å²) in [6.45, 7) is 5.93. The fourth-order valence-electron chi connectivity index (χ4n) is 3.37. The highest BCUT2D eigenvalue weighted by molar-refractivity contribution is 7.93. The van der Waals surface area contributed by atoms with Crippen molar-refractivity contribution in [2.45, 2.75) is 25.7 Å². The molecule has 0 unspecified atom stereocenters. The van der Waals surface area contributed by atoms with E-state index >= 15 is 0 Å². The van der Waals surface area contributed by atoms with Crippen LogP contribution in [0.5, 0.6) is 11.6 Å². The van der Waals surface area contributed by atoms with E-state index in [4.69, 9.17) is 4.74 Å². The fraction of sp³-hybridized carbons (Fsp3) is 0.136. The van der Waals surface area contributed by atoms with Gasteiger partial charge in [-0.05, 0) is 62.7 Å². The first kappa shape index (κ1) is 21.9. The van der Waals surface area contributed by atoms with Crippen LogP contribution < -0.4 is 9.46 Å². The number of hydrogen-bond acceptors (Lipinski definition) is 9. The van der Waals surface area contributed by atoms with E-state index in [9.17, 15) is 8.42 Å². The van der Waals surface area contributed by atoms with Crippen LogP contribution in [0.2, 0.25) is 0 Å². The highest BCUT2D eigenvalue weighted by Crippen LogP contribution is 2.26. The Kier molecular flexibility index (Phi) is 5.46. The number of rotatable bonds is 6. The van der Waals surface area contributed by atoms with E-state index in [0.29, 0.717) is 34.2 Å². The predicted molar refractivity (Wildman–Crippen MR) is 128 cm³/mol. The van der Waals surface area contributed by atoms with Gasteiger partial charge in [-0.2, -0.15) is 13.8 Å². The lowest BCUT2D eigenvalue weighted by Gasteiger charge is -2.10. The normalized spacial score (nSPS) is 11.6. The SMILES string of the molecule is Cc1nn(-c2cc(Oc3ccc(NS(=O)(=O)c4cccc5nsnc45)cc3)ncn2)c(C)c1C. The molecule has 3 aromatic heterocycles. The Labute approximate surface area is 199 Å². The van der Waals surface area contributed by atoms with Crippen molar-refractivity contribution in [1.82, 2.24) is 28.5 Å². The number of ether oxygens (including phenoxy) is 1. The Morgan fingerprint density at radius 2 is 1.79 bits per heavy atom. The number of anilines is 1. The third kappa shape index (κ3) is 4.08. The average molecular weight is 494 g/mol. The second kappa shape index (κ2) is 8.47. The van der Waals surface area contributed by atoms with Gasteiger partial charge in [0.05, 0.1) is 17.4 Å². The summed E-state index contributed by atoms with van der Waals surface area (Å²) >= 11 is 0.970. The van der Waals surface area contributed by atoms with E-state index in [1.54, 1.807) is 47.1 Å². The van der Waals surface area contributed by atoms with Gasteiger partial charge in [0.15, 0.2) is 5.82 Å². The van der Waals surface area contributed by atoms with Crippen LogP contribution in [0.3, 0.4) is 0 Å². The van der Waals surface area contributed by atoms with Gasteiger partial charge in [-0.25, -0.2) is 23.1 Å². The number of aromatic nitrogens is 6. The number of nitrogens with zero attached hydrogens (tertiary/aromatic N) is 6. The molecule has 0 saturated heterocycles. The van der Waals surface area contributed by atoms with Crippen molar-refractivity contribution in [2.24, 2.45) is 0 Å². The molecule has 1 N–H and O–H groups in total. The minimum absolute atomic E-state index is 0.0759. The highest BCUT2D eigenvalue weighted by atomic mass is 32.2. The number of hydrogen-bond donors (Lipinski definition) is 1. The van der Waals surface area contributed by atoms with E-state index in [0.717, 1.165) is 28.7 Å². The Hall–Kier alpha value is -3.90. The van der Waals surface area contributed by atoms with Gasteiger partial charge in [0.1, 0.15) is 28.0 Å². The molecule has 0 fully saturated rings. The maximum Gasteiger partial charge on any atom is 0.264 e. The third-order valence-electron chi connectivity index (χ3n) is 5.37. The van der Waals surface area contributed by atoms with Gasteiger partial charge >= 0.3 is 0 Å². The monoisotopic (exact) mass is 493 g/mol. The van der Waals surface area contributed by atoms with Crippen molar-refractivity contribution in [3.8, 4) is 17.4 Å². The van der Waals surface area contributed by atoms with Crippen LogP contribution in [0.25, 0.3) is 16.9 Å². The summed E-state index contributed by atoms with van der Waals surface area (Å²) in [4.78, 5) is 8.53. The summed E-state index contributed by atoms with van der Waals surface area (Å²) in [5.74, 6) is 1.42. The predicted octanol–water partition coefficient (Wildman–Crippen LogP) is 4.19. The van der Waals surface area contributed by atoms with Crippen molar-refractivity contribution in [1.29, 1.82) is 0 Å². The summed E-state index contributed by atoms with van der Waals surface area (Å²) in [6, 6.07) is 13.1. The molecule has 0 aliphatic carbocycles. The Bertz CT molecular complexity index is 1610. The van der Waals surface area contributed by atoms with E-state index in [1.165, 1.54) is 12.4 Å². The van der Waals surface area contributed by atoms with Crippen LogP contribution >= 0.6 is 11.7 Å². The summed E-state index contributed by atoms with van der Waals surface area (Å²) in [5.41, 5.74) is 4.28. The van der Waals surface area contributed by atoms with Crippen molar-refractivity contribution in [2.75, 3.05) is 4.72 Å². The molecule has 12 heteroatoms. The topological polar surface area (TPSA) is 125 Å². The van der Waals surface area contributed by atoms with Crippen LogP contribution in [-0.4, -0.2) is 36.9 Å². The van der Waals surface area contributed by atoms with Crippen LogP contribution in [0.15, 0.2) is 59.8 Å². The quantitative estimate of drug-likeness (QED) is 0.373. The van der Waals surface area contributed by atoms with Crippen LogP contribution in [0.1, 0.15) is 17.0 Å². The molecule has 172 valence electrons. The molecule has 0 spiro atoms. The number of nitrogens with one attached hydrogen (secondary N) is 1. The fourth-order valence-corrected chi connectivity index (χ4v) is 5.19. The first-order valence-electron chi connectivity index (χ1n) is 10.2. The first-order valence-corrected chi connectivity index (χ1v) is 12.4. The lowest BCUT2D eigenvalue weighted by Crippen LogP contribution is -2.13. The number of benzene rings is 2. The zero-order chi connectivity index (χ0) is 23.9. The van der Waals surface area contributed by atoms with E-state index in [1.807, 2.05) is 20.8 Å². The molecule has 3 heterocycles. The highest BCUT2D eigenvalue weighted by Gasteiger charge is 2.20. The molecule has 0 atom stereocenters. The third-order valence-corrected chi connectivity index (χ3v) is 7.32. The maximum absolute atomic E-state index is 12.9. The van der Waals surface area contributed by atoms with Gasteiger partial charge in [0.25, 0.3) is 10.0 Å². The van der Waals surface area contributed by atoms with Gasteiger partial charge in [0, 0.05) is 17.4 Å². The Morgan fingerprint density at radius 1 is 1.00 bits per heavy atom. The zero-order valence-corrected chi connectivity index (χ0v) is 20.1. The standard InChI is InChI=1S/C22H19N7O3S2/c1-13-14(2)25-29(15(13)3)20-11-21(24-12-23-20)32-17-9-7-16(8-10-17)28-34(30,31)19-6-4-5-18-22(19)27-33-26-18/h4-12,28H,1-3H3. The van der Waals surface area contributed by atoms with E-state index in [2.05, 4.69) is 28.5 Å².